The van der Waals surface area contributed by atoms with Crippen LogP contribution in [-0.2, 0) is 10.6 Å². The highest BCUT2D eigenvalue weighted by Gasteiger charge is 2.04. The molecule has 0 aliphatic heterocycles. The molecule has 1 aromatic carbocycles. The van der Waals surface area contributed by atoms with Crippen molar-refractivity contribution in [2.45, 2.75) is 17.8 Å². The van der Waals surface area contributed by atoms with Gasteiger partial charge in [-0.05, 0) is 18.6 Å². The second kappa shape index (κ2) is 7.62. The lowest BCUT2D eigenvalue weighted by Crippen LogP contribution is -2.02. The molecular weight excluding hydrogens is 272 g/mol. The third kappa shape index (κ3) is 4.32. The maximum atomic E-state index is 4.73. The monoisotopic (exact) mass is 288 g/mol. The van der Waals surface area contributed by atoms with Crippen LogP contribution in [0.3, 0.4) is 0 Å². The highest BCUT2D eigenvalue weighted by atomic mass is 32.2. The van der Waals surface area contributed by atoms with Gasteiger partial charge in [0.1, 0.15) is 0 Å². The van der Waals surface area contributed by atoms with Crippen molar-refractivity contribution in [3.05, 3.63) is 53.5 Å². The summed E-state index contributed by atoms with van der Waals surface area (Å²) < 4.78 is 0. The van der Waals surface area contributed by atoms with Gasteiger partial charge in [-0.3, -0.25) is 10.3 Å². The van der Waals surface area contributed by atoms with Crippen molar-refractivity contribution >= 4 is 17.8 Å². The van der Waals surface area contributed by atoms with Crippen LogP contribution in [0.15, 0.2) is 41.7 Å². The highest BCUT2D eigenvalue weighted by Crippen LogP contribution is 2.19. The van der Waals surface area contributed by atoms with E-state index < -0.39 is 0 Å². The lowest BCUT2D eigenvalue weighted by atomic mass is 10.2. The van der Waals surface area contributed by atoms with Gasteiger partial charge in [-0.25, -0.2) is 4.98 Å². The molecule has 2 rings (SSSR count). The maximum Gasteiger partial charge on any atom is 0.209 e. The number of aryl methyl sites for hydroxylation is 1. The van der Waals surface area contributed by atoms with Gasteiger partial charge in [0.2, 0.25) is 5.16 Å². The van der Waals surface area contributed by atoms with Crippen LogP contribution >= 0.6 is 11.8 Å². The summed E-state index contributed by atoms with van der Waals surface area (Å²) in [6, 6.07) is 10.2. The van der Waals surface area contributed by atoms with Gasteiger partial charge >= 0.3 is 0 Å². The first-order valence-electron chi connectivity index (χ1n) is 6.12. The molecule has 6 heteroatoms. The largest absolute Gasteiger partial charge is 0.280 e. The molecule has 1 aromatic heterocycles. The van der Waals surface area contributed by atoms with Gasteiger partial charge < -0.3 is 0 Å². The molecule has 0 bridgehead atoms. The number of hydroxylamine groups is 1. The van der Waals surface area contributed by atoms with Crippen molar-refractivity contribution in [1.82, 2.24) is 20.7 Å². The average Bonchev–Trinajstić information content (AvgIpc) is 2.49. The van der Waals surface area contributed by atoms with Gasteiger partial charge in [0.05, 0.1) is 18.5 Å². The van der Waals surface area contributed by atoms with Gasteiger partial charge in [-0.15, -0.1) is 5.10 Å². The van der Waals surface area contributed by atoms with Crippen molar-refractivity contribution in [3.63, 3.8) is 0 Å². The Kier molecular flexibility index (Phi) is 5.52. The third-order valence-electron chi connectivity index (χ3n) is 2.51. The second-order valence-electron chi connectivity index (χ2n) is 3.99. The van der Waals surface area contributed by atoms with Gasteiger partial charge in [0.25, 0.3) is 0 Å². The topological polar surface area (TPSA) is 59.9 Å². The zero-order chi connectivity index (χ0) is 14.2. The molecule has 2 aromatic rings. The van der Waals surface area contributed by atoms with E-state index in [-0.39, 0.29) is 0 Å². The van der Waals surface area contributed by atoms with E-state index in [9.17, 15) is 0 Å². The minimum absolute atomic E-state index is 0.663. The first kappa shape index (κ1) is 14.5. The lowest BCUT2D eigenvalue weighted by Gasteiger charge is -2.03. The van der Waals surface area contributed by atoms with Crippen LogP contribution in [0.4, 0.5) is 0 Å². The zero-order valence-electron chi connectivity index (χ0n) is 11.4. The van der Waals surface area contributed by atoms with Crippen LogP contribution in [0.2, 0.25) is 0 Å². The fourth-order valence-corrected chi connectivity index (χ4v) is 2.25. The molecule has 5 nitrogen and oxygen atoms in total. The molecule has 0 fully saturated rings. The molecule has 0 saturated heterocycles. The first-order chi connectivity index (χ1) is 9.79. The van der Waals surface area contributed by atoms with Crippen molar-refractivity contribution in [2.24, 2.45) is 0 Å². The van der Waals surface area contributed by atoms with Gasteiger partial charge in [0.15, 0.2) is 0 Å². The Labute approximate surface area is 122 Å². The Morgan fingerprint density at radius 3 is 2.80 bits per heavy atom. The first-order valence-corrected chi connectivity index (χ1v) is 7.11. The predicted octanol–water partition coefficient (Wildman–Crippen LogP) is 2.59. The van der Waals surface area contributed by atoms with E-state index in [1.807, 2.05) is 25.1 Å². The number of hydrogen-bond acceptors (Lipinski definition) is 6. The molecule has 1 heterocycles. The van der Waals surface area contributed by atoms with Crippen molar-refractivity contribution in [1.29, 1.82) is 0 Å². The summed E-state index contributed by atoms with van der Waals surface area (Å²) in [6.07, 6.45) is 3.47. The molecule has 0 aliphatic carbocycles. The number of rotatable bonds is 6. The van der Waals surface area contributed by atoms with Gasteiger partial charge in [-0.2, -0.15) is 5.10 Å². The number of benzene rings is 1. The minimum atomic E-state index is 0.663. The number of nitrogens with zero attached hydrogens (tertiary/aromatic N) is 3. The average molecular weight is 288 g/mol. The lowest BCUT2D eigenvalue weighted by molar-refractivity contribution is 0.129. The molecule has 0 spiro atoms. The van der Waals surface area contributed by atoms with E-state index in [4.69, 9.17) is 4.84 Å². The van der Waals surface area contributed by atoms with Crippen molar-refractivity contribution in [3.8, 4) is 0 Å². The highest BCUT2D eigenvalue weighted by molar-refractivity contribution is 7.98. The van der Waals surface area contributed by atoms with Crippen LogP contribution in [-0.4, -0.2) is 22.3 Å². The molecule has 0 atom stereocenters. The molecule has 0 saturated carbocycles. The van der Waals surface area contributed by atoms with E-state index in [2.05, 4.69) is 32.8 Å². The quantitative estimate of drug-likeness (QED) is 0.651. The fraction of sp³-hybridized carbons (Fsp3) is 0.214. The summed E-state index contributed by atoms with van der Waals surface area (Å²) in [4.78, 5) is 9.20. The summed E-state index contributed by atoms with van der Waals surface area (Å²) in [6.45, 7) is 1.87. The smallest absolute Gasteiger partial charge is 0.209 e. The summed E-state index contributed by atoms with van der Waals surface area (Å²) in [5.74, 6) is 0.824. The SMILES string of the molecule is CONC=Cc1nc(SCc2ccccc2)nnc1C. The van der Waals surface area contributed by atoms with Crippen molar-refractivity contribution < 1.29 is 4.84 Å². The summed E-state index contributed by atoms with van der Waals surface area (Å²) >= 11 is 1.57. The van der Waals surface area contributed by atoms with Gasteiger partial charge in [0, 0.05) is 12.0 Å². The van der Waals surface area contributed by atoms with Crippen LogP contribution in [0.1, 0.15) is 17.0 Å². The predicted molar refractivity (Wildman–Crippen MR) is 79.7 cm³/mol. The Morgan fingerprint density at radius 1 is 1.25 bits per heavy atom. The number of aromatic nitrogens is 3. The standard InChI is InChI=1S/C14H16N4OS/c1-11-13(8-9-15-19-2)16-14(18-17-11)20-10-12-6-4-3-5-7-12/h3-9,15H,10H2,1-2H3. The molecular formula is C14H16N4OS. The van der Waals surface area contributed by atoms with E-state index in [0.717, 1.165) is 17.1 Å². The van der Waals surface area contributed by atoms with Crippen molar-refractivity contribution in [2.75, 3.05) is 7.11 Å². The summed E-state index contributed by atoms with van der Waals surface area (Å²) in [7, 11) is 1.55. The Hall–Kier alpha value is -1.92. The minimum Gasteiger partial charge on any atom is -0.280 e. The third-order valence-corrected chi connectivity index (χ3v) is 3.42. The van der Waals surface area contributed by atoms with Crippen LogP contribution in [0, 0.1) is 6.92 Å². The molecule has 0 radical (unpaired) electrons. The van der Waals surface area contributed by atoms with Crippen LogP contribution < -0.4 is 5.48 Å². The van der Waals surface area contributed by atoms with Crippen LogP contribution in [0.5, 0.6) is 0 Å². The fourth-order valence-electron chi connectivity index (χ4n) is 1.50. The molecule has 20 heavy (non-hydrogen) atoms. The Balaban J connectivity index is 2.03. The Bertz CT molecular complexity index is 575. The summed E-state index contributed by atoms with van der Waals surface area (Å²) in [5, 5.41) is 8.88. The Morgan fingerprint density at radius 2 is 2.05 bits per heavy atom. The molecule has 0 aliphatic rings. The van der Waals surface area contributed by atoms with E-state index >= 15 is 0 Å². The van der Waals surface area contributed by atoms with E-state index in [1.165, 1.54) is 5.56 Å². The summed E-state index contributed by atoms with van der Waals surface area (Å²) in [5.41, 5.74) is 5.42. The second-order valence-corrected chi connectivity index (χ2v) is 4.94. The molecule has 104 valence electrons. The van der Waals surface area contributed by atoms with E-state index in [1.54, 1.807) is 31.1 Å². The zero-order valence-corrected chi connectivity index (χ0v) is 12.2. The normalized spacial score (nSPS) is 10.9. The maximum absolute atomic E-state index is 4.73. The number of hydrogen-bond donors (Lipinski definition) is 1. The molecule has 1 N–H and O–H groups in total. The van der Waals surface area contributed by atoms with Crippen LogP contribution in [0.25, 0.3) is 6.08 Å². The van der Waals surface area contributed by atoms with E-state index in [0.29, 0.717) is 5.16 Å². The number of nitrogens with one attached hydrogen (secondary N) is 1. The molecule has 0 unspecified atom stereocenters. The molecule has 0 amide bonds. The number of thioether (sulfide) groups is 1. The van der Waals surface area contributed by atoms with Gasteiger partial charge in [-0.1, -0.05) is 42.1 Å².